The van der Waals surface area contributed by atoms with Gasteiger partial charge in [-0.25, -0.2) is 18.4 Å². The van der Waals surface area contributed by atoms with Gasteiger partial charge in [0.2, 0.25) is 5.43 Å². The molecule has 51 heavy (non-hydrogen) atoms. The molecule has 2 aromatic carbocycles. The first-order valence-electron chi connectivity index (χ1n) is 17.0. The van der Waals surface area contributed by atoms with Gasteiger partial charge in [-0.3, -0.25) is 14.5 Å². The number of esters is 1. The van der Waals surface area contributed by atoms with E-state index in [4.69, 9.17) is 18.9 Å². The number of rotatable bonds is 9. The highest BCUT2D eigenvalue weighted by Crippen LogP contribution is 2.48. The fraction of sp³-hybridized carbons (Fsp3) is 0.486. The van der Waals surface area contributed by atoms with Crippen LogP contribution in [0.1, 0.15) is 48.5 Å². The molecule has 3 saturated heterocycles. The number of fused-ring (bicyclic) bond motifs is 5. The Bertz CT molecular complexity index is 2000. The number of aliphatic hydroxyl groups is 1. The standard InChI is InChI=1S/C35H36F2N4O10/c36-25-9-20(40-12-22(51-34(40)46)15-49-33(45)18-5-7-38-8-6-18)3-4-27(25)50-17-35(47)11-21-14-48-31-28-23(10-26(37)29(31)41(21)16-35)30(42)24(32(43)44)13-39(28)19-1-2-19/h3-4,9-10,13,18-19,21-22,38,47H,1-2,5-8,11-12,14-17H2,(H,43,44)/t21-,22+,35-/m0/s1. The second-order valence-corrected chi connectivity index (χ2v) is 13.9. The molecule has 3 aromatic rings. The molecule has 14 nitrogen and oxygen atoms in total. The number of piperidine rings is 1. The number of benzene rings is 2. The third-order valence-corrected chi connectivity index (χ3v) is 10.3. The molecule has 16 heteroatoms. The van der Waals surface area contributed by atoms with E-state index < -0.39 is 52.4 Å². The van der Waals surface area contributed by atoms with Crippen LogP contribution in [0.3, 0.4) is 0 Å². The van der Waals surface area contributed by atoms with Crippen LogP contribution in [0.25, 0.3) is 10.9 Å². The van der Waals surface area contributed by atoms with Crippen molar-refractivity contribution in [3.63, 3.8) is 0 Å². The van der Waals surface area contributed by atoms with Gasteiger partial charge in [0.1, 0.15) is 36.7 Å². The van der Waals surface area contributed by atoms with Crippen molar-refractivity contribution in [2.45, 2.75) is 55.9 Å². The van der Waals surface area contributed by atoms with Gasteiger partial charge in [0.05, 0.1) is 41.6 Å². The van der Waals surface area contributed by atoms with Crippen LogP contribution >= 0.6 is 0 Å². The van der Waals surface area contributed by atoms with Crippen LogP contribution in [-0.4, -0.2) is 96.6 Å². The van der Waals surface area contributed by atoms with Crippen LogP contribution in [-0.2, 0) is 14.3 Å². The van der Waals surface area contributed by atoms with Gasteiger partial charge >= 0.3 is 18.0 Å². The average Bonchev–Trinajstić information content (AvgIpc) is 3.80. The van der Waals surface area contributed by atoms with E-state index in [1.807, 2.05) is 0 Å². The minimum Gasteiger partial charge on any atom is -0.487 e. The number of carboxylic acids is 1. The Morgan fingerprint density at radius 1 is 1.06 bits per heavy atom. The monoisotopic (exact) mass is 710 g/mol. The maximum atomic E-state index is 15.8. The van der Waals surface area contributed by atoms with Crippen molar-refractivity contribution in [3.8, 4) is 11.5 Å². The molecule has 3 N–H and O–H groups in total. The predicted octanol–water partition coefficient (Wildman–Crippen LogP) is 2.96. The number of anilines is 2. The molecular weight excluding hydrogens is 674 g/mol. The van der Waals surface area contributed by atoms with Crippen LogP contribution in [0, 0.1) is 17.6 Å². The number of carbonyl (C=O) groups is 3. The Balaban J connectivity index is 0.944. The number of hydrogen-bond donors (Lipinski definition) is 3. The zero-order valence-corrected chi connectivity index (χ0v) is 27.4. The third-order valence-electron chi connectivity index (χ3n) is 10.3. The highest BCUT2D eigenvalue weighted by atomic mass is 19.1. The highest BCUT2D eigenvalue weighted by molar-refractivity contribution is 5.97. The number of carbonyl (C=O) groups excluding carboxylic acids is 2. The molecule has 1 saturated carbocycles. The molecule has 3 atom stereocenters. The summed E-state index contributed by atoms with van der Waals surface area (Å²) in [6, 6.07) is 4.43. The maximum Gasteiger partial charge on any atom is 0.414 e. The first kappa shape index (κ1) is 33.2. The van der Waals surface area contributed by atoms with E-state index in [0.717, 1.165) is 38.1 Å². The second kappa shape index (κ2) is 12.7. The largest absolute Gasteiger partial charge is 0.487 e. The van der Waals surface area contributed by atoms with Gasteiger partial charge in [0.25, 0.3) is 0 Å². The van der Waals surface area contributed by atoms with Gasteiger partial charge in [-0.05, 0) is 57.0 Å². The van der Waals surface area contributed by atoms with Gasteiger partial charge in [0, 0.05) is 24.7 Å². The Labute approximate surface area is 289 Å². The van der Waals surface area contributed by atoms with Crippen LogP contribution < -0.4 is 30.0 Å². The topological polar surface area (TPSA) is 169 Å². The Morgan fingerprint density at radius 3 is 2.57 bits per heavy atom. The van der Waals surface area contributed by atoms with E-state index >= 15 is 8.78 Å². The number of hydrogen-bond acceptors (Lipinski definition) is 11. The summed E-state index contributed by atoms with van der Waals surface area (Å²) in [5.41, 5.74) is -2.23. The van der Waals surface area contributed by atoms with E-state index in [-0.39, 0.29) is 85.5 Å². The fourth-order valence-corrected chi connectivity index (χ4v) is 7.55. The number of halogens is 2. The second-order valence-electron chi connectivity index (χ2n) is 13.9. The lowest BCUT2D eigenvalue weighted by Gasteiger charge is -2.34. The van der Waals surface area contributed by atoms with E-state index in [2.05, 4.69) is 5.32 Å². The summed E-state index contributed by atoms with van der Waals surface area (Å²) in [7, 11) is 0. The average molecular weight is 711 g/mol. The number of aromatic carboxylic acids is 1. The number of pyridine rings is 1. The highest BCUT2D eigenvalue weighted by Gasteiger charge is 2.48. The Hall–Kier alpha value is -4.96. The van der Waals surface area contributed by atoms with Crippen molar-refractivity contribution < 1.29 is 52.3 Å². The van der Waals surface area contributed by atoms with Crippen molar-refractivity contribution in [1.82, 2.24) is 9.88 Å². The zero-order chi connectivity index (χ0) is 35.6. The van der Waals surface area contributed by atoms with Gasteiger partial charge in [-0.2, -0.15) is 0 Å². The van der Waals surface area contributed by atoms with Gasteiger partial charge in [-0.15, -0.1) is 0 Å². The summed E-state index contributed by atoms with van der Waals surface area (Å²) in [6.07, 6.45) is 2.87. The number of nitrogens with one attached hydrogen (secondary N) is 1. The van der Waals surface area contributed by atoms with Crippen molar-refractivity contribution in [2.24, 2.45) is 5.92 Å². The molecule has 8 rings (SSSR count). The zero-order valence-electron chi connectivity index (χ0n) is 27.4. The van der Waals surface area contributed by atoms with Crippen molar-refractivity contribution in [2.75, 3.05) is 55.8 Å². The first-order valence-corrected chi connectivity index (χ1v) is 17.0. The summed E-state index contributed by atoms with van der Waals surface area (Å²) in [4.78, 5) is 52.7. The molecular formula is C35H36F2N4O10. The Kier molecular flexibility index (Phi) is 8.25. The molecule has 270 valence electrons. The minimum absolute atomic E-state index is 0.0546. The molecule has 0 unspecified atom stereocenters. The molecule has 1 amide bonds. The van der Waals surface area contributed by atoms with Crippen molar-refractivity contribution in [1.29, 1.82) is 0 Å². The smallest absolute Gasteiger partial charge is 0.414 e. The molecule has 0 radical (unpaired) electrons. The normalized spacial score (nSPS) is 24.6. The number of carboxylic acid groups (broad SMARTS) is 1. The molecule has 0 bridgehead atoms. The van der Waals surface area contributed by atoms with Gasteiger partial charge in [0.15, 0.2) is 29.2 Å². The van der Waals surface area contributed by atoms with Crippen LogP contribution in [0.4, 0.5) is 25.0 Å². The lowest BCUT2D eigenvalue weighted by atomic mass is 9.99. The fourth-order valence-electron chi connectivity index (χ4n) is 7.55. The molecule has 4 fully saturated rings. The van der Waals surface area contributed by atoms with E-state index in [9.17, 15) is 29.4 Å². The first-order chi connectivity index (χ1) is 24.5. The molecule has 5 heterocycles. The van der Waals surface area contributed by atoms with Crippen LogP contribution in [0.2, 0.25) is 0 Å². The van der Waals surface area contributed by atoms with Gasteiger partial charge < -0.3 is 43.9 Å². The SMILES string of the molecule is O=C(O)c1cn(C2CC2)c2c3c(c(F)cc2c1=O)N1C[C@](O)(COc2ccc(N4C[C@H](COC(=O)C5CCNCC5)OC4=O)cc2F)C[C@H]1CO3. The van der Waals surface area contributed by atoms with Gasteiger partial charge in [-0.1, -0.05) is 0 Å². The van der Waals surface area contributed by atoms with Crippen LogP contribution in [0.15, 0.2) is 35.3 Å². The summed E-state index contributed by atoms with van der Waals surface area (Å²) in [6.45, 7) is 1.06. The summed E-state index contributed by atoms with van der Waals surface area (Å²) < 4.78 is 55.3. The number of amides is 1. The molecule has 0 spiro atoms. The lowest BCUT2D eigenvalue weighted by Crippen LogP contribution is -2.41. The summed E-state index contributed by atoms with van der Waals surface area (Å²) in [5, 5.41) is 24.3. The van der Waals surface area contributed by atoms with Crippen molar-refractivity contribution >= 4 is 40.3 Å². The number of nitrogens with zero attached hydrogens (tertiary/aromatic N) is 3. The molecule has 1 aliphatic carbocycles. The third kappa shape index (κ3) is 6.09. The molecule has 1 aromatic heterocycles. The molecule has 4 aliphatic heterocycles. The summed E-state index contributed by atoms with van der Waals surface area (Å²) >= 11 is 0. The number of cyclic esters (lactones) is 1. The molecule has 5 aliphatic rings. The van der Waals surface area contributed by atoms with Crippen molar-refractivity contribution in [3.05, 3.63) is 57.9 Å². The summed E-state index contributed by atoms with van der Waals surface area (Å²) in [5.74, 6) is -3.57. The number of ether oxygens (including phenoxy) is 4. The lowest BCUT2D eigenvalue weighted by molar-refractivity contribution is -0.151. The minimum atomic E-state index is -1.54. The van der Waals surface area contributed by atoms with E-state index in [1.165, 1.54) is 23.2 Å². The Morgan fingerprint density at radius 2 is 1.84 bits per heavy atom. The van der Waals surface area contributed by atoms with Crippen LogP contribution in [0.5, 0.6) is 11.5 Å². The van der Waals surface area contributed by atoms with E-state index in [0.29, 0.717) is 18.4 Å². The van der Waals surface area contributed by atoms with E-state index in [1.54, 1.807) is 9.47 Å². The quantitative estimate of drug-likeness (QED) is 0.278. The maximum absolute atomic E-state index is 15.8. The number of aromatic nitrogens is 1. The predicted molar refractivity (Wildman–Crippen MR) is 176 cm³/mol.